The van der Waals surface area contributed by atoms with Crippen LogP contribution in [0.2, 0.25) is 0 Å². The second kappa shape index (κ2) is 7.71. The number of ether oxygens (including phenoxy) is 1. The molecular weight excluding hydrogens is 367 g/mol. The first-order valence-corrected chi connectivity index (χ1v) is 8.49. The lowest BCUT2D eigenvalue weighted by atomic mass is 10.0. The van der Waals surface area contributed by atoms with Crippen molar-refractivity contribution in [3.8, 4) is 0 Å². The highest BCUT2D eigenvalue weighted by Gasteiger charge is 2.38. The van der Waals surface area contributed by atoms with Gasteiger partial charge in [0.25, 0.3) is 5.69 Å². The van der Waals surface area contributed by atoms with E-state index in [1.807, 2.05) is 0 Å². The molecule has 1 fully saturated rings. The minimum absolute atomic E-state index is 0.212. The zero-order chi connectivity index (χ0) is 20.4. The maximum Gasteiger partial charge on any atom is 0.416 e. The van der Waals surface area contributed by atoms with E-state index in [1.54, 1.807) is 20.8 Å². The maximum absolute atomic E-state index is 13.0. The predicted molar refractivity (Wildman–Crippen MR) is 92.7 cm³/mol. The maximum atomic E-state index is 13.0. The molecule has 0 aliphatic carbocycles. The molecule has 27 heavy (non-hydrogen) atoms. The molecule has 1 heterocycles. The number of piperidine rings is 1. The Balaban J connectivity index is 2.53. The first-order valence-electron chi connectivity index (χ1n) is 8.49. The largest absolute Gasteiger partial charge is 0.443 e. The van der Waals surface area contributed by atoms with Gasteiger partial charge in [-0.25, -0.2) is 4.79 Å². The molecule has 7 nitrogen and oxygen atoms in total. The summed E-state index contributed by atoms with van der Waals surface area (Å²) < 4.78 is 44.2. The molecular formula is C17H22F3N3O4. The van der Waals surface area contributed by atoms with E-state index >= 15 is 0 Å². The second-order valence-electron chi connectivity index (χ2n) is 7.31. The van der Waals surface area contributed by atoms with E-state index < -0.39 is 40.1 Å². The molecule has 1 aromatic carbocycles. The van der Waals surface area contributed by atoms with Crippen LogP contribution in [0.25, 0.3) is 0 Å². The number of nitro benzene ring substituents is 1. The fourth-order valence-electron chi connectivity index (χ4n) is 2.86. The first kappa shape index (κ1) is 20.9. The fraction of sp³-hybridized carbons (Fsp3) is 0.588. The summed E-state index contributed by atoms with van der Waals surface area (Å²) in [5.41, 5.74) is -3.01. The number of nitrogens with one attached hydrogen (secondary N) is 1. The molecule has 1 atom stereocenters. The van der Waals surface area contributed by atoms with Crippen LogP contribution < -0.4 is 10.2 Å². The standard InChI is InChI=1S/C17H22F3N3O4/c1-16(2,3)27-15(24)22(12-5-4-8-21-10-12)13-7-6-11(17(18,19)20)9-14(13)23(25)26/h6-7,9,12,21H,4-5,8,10H2,1-3H3. The minimum Gasteiger partial charge on any atom is -0.443 e. The van der Waals surface area contributed by atoms with Gasteiger partial charge in [0, 0.05) is 12.6 Å². The van der Waals surface area contributed by atoms with Gasteiger partial charge in [-0.2, -0.15) is 13.2 Å². The Morgan fingerprint density at radius 1 is 1.33 bits per heavy atom. The number of anilines is 1. The Morgan fingerprint density at radius 2 is 2.00 bits per heavy atom. The number of carbonyl (C=O) groups is 1. The summed E-state index contributed by atoms with van der Waals surface area (Å²) in [5, 5.41) is 14.5. The third-order valence-electron chi connectivity index (χ3n) is 3.99. The molecule has 1 unspecified atom stereocenters. The molecule has 2 rings (SSSR count). The lowest BCUT2D eigenvalue weighted by Gasteiger charge is -2.35. The van der Waals surface area contributed by atoms with Gasteiger partial charge in [-0.3, -0.25) is 15.0 Å². The summed E-state index contributed by atoms with van der Waals surface area (Å²) in [4.78, 5) is 24.4. The molecule has 1 saturated heterocycles. The number of benzene rings is 1. The molecule has 0 radical (unpaired) electrons. The van der Waals surface area contributed by atoms with Crippen LogP contribution in [0.5, 0.6) is 0 Å². The number of halogens is 3. The quantitative estimate of drug-likeness (QED) is 0.621. The summed E-state index contributed by atoms with van der Waals surface area (Å²) in [7, 11) is 0. The molecule has 0 spiro atoms. The van der Waals surface area contributed by atoms with Crippen molar-refractivity contribution in [2.75, 3.05) is 18.0 Å². The highest BCUT2D eigenvalue weighted by Crippen LogP contribution is 2.38. The van der Waals surface area contributed by atoms with Crippen LogP contribution >= 0.6 is 0 Å². The van der Waals surface area contributed by atoms with Crippen LogP contribution in [-0.2, 0) is 10.9 Å². The van der Waals surface area contributed by atoms with Crippen molar-refractivity contribution in [1.29, 1.82) is 0 Å². The SMILES string of the molecule is CC(C)(C)OC(=O)N(c1ccc(C(F)(F)F)cc1[N+](=O)[O-])C1CCCNC1. The molecule has 1 N–H and O–H groups in total. The van der Waals surface area contributed by atoms with Gasteiger partial charge in [0.05, 0.1) is 16.5 Å². The van der Waals surface area contributed by atoms with Crippen molar-refractivity contribution in [2.24, 2.45) is 0 Å². The number of rotatable bonds is 3. The van der Waals surface area contributed by atoms with Gasteiger partial charge in [0.2, 0.25) is 0 Å². The Morgan fingerprint density at radius 3 is 2.48 bits per heavy atom. The first-order chi connectivity index (χ1) is 12.4. The molecule has 1 aromatic rings. The van der Waals surface area contributed by atoms with Gasteiger partial charge in [-0.05, 0) is 52.3 Å². The van der Waals surface area contributed by atoms with Gasteiger partial charge >= 0.3 is 12.3 Å². The van der Waals surface area contributed by atoms with E-state index in [9.17, 15) is 28.1 Å². The molecule has 10 heteroatoms. The van der Waals surface area contributed by atoms with Gasteiger partial charge in [0.15, 0.2) is 0 Å². The van der Waals surface area contributed by atoms with Crippen molar-refractivity contribution in [1.82, 2.24) is 5.32 Å². The number of carbonyl (C=O) groups excluding carboxylic acids is 1. The summed E-state index contributed by atoms with van der Waals surface area (Å²) in [6, 6.07) is 1.67. The minimum atomic E-state index is -4.73. The molecule has 150 valence electrons. The summed E-state index contributed by atoms with van der Waals surface area (Å²) in [6.45, 7) is 6.02. The lowest BCUT2D eigenvalue weighted by Crippen LogP contribution is -2.50. The average Bonchev–Trinajstić information content (AvgIpc) is 2.53. The number of amides is 1. The van der Waals surface area contributed by atoms with Crippen LogP contribution in [0.3, 0.4) is 0 Å². The highest BCUT2D eigenvalue weighted by atomic mass is 19.4. The van der Waals surface area contributed by atoms with Crippen molar-refractivity contribution < 1.29 is 27.6 Å². The van der Waals surface area contributed by atoms with Gasteiger partial charge in [-0.15, -0.1) is 0 Å². The number of nitro groups is 1. The summed E-state index contributed by atoms with van der Waals surface area (Å²) >= 11 is 0. The van der Waals surface area contributed by atoms with Crippen LogP contribution in [0, 0.1) is 10.1 Å². The zero-order valence-corrected chi connectivity index (χ0v) is 15.3. The summed E-state index contributed by atoms with van der Waals surface area (Å²) in [6.07, 6.45) is -4.30. The molecule has 0 bridgehead atoms. The normalized spacial score (nSPS) is 18.1. The number of hydrogen-bond donors (Lipinski definition) is 1. The average molecular weight is 389 g/mol. The lowest BCUT2D eigenvalue weighted by molar-refractivity contribution is -0.384. The molecule has 1 amide bonds. The van der Waals surface area contributed by atoms with Crippen molar-refractivity contribution >= 4 is 17.5 Å². The van der Waals surface area contributed by atoms with E-state index in [0.29, 0.717) is 19.0 Å². The highest BCUT2D eigenvalue weighted by molar-refractivity contribution is 5.91. The third-order valence-corrected chi connectivity index (χ3v) is 3.99. The van der Waals surface area contributed by atoms with Gasteiger partial charge in [-0.1, -0.05) is 0 Å². The Kier molecular flexibility index (Phi) is 5.98. The van der Waals surface area contributed by atoms with E-state index in [1.165, 1.54) is 0 Å². The zero-order valence-electron chi connectivity index (χ0n) is 15.3. The van der Waals surface area contributed by atoms with E-state index in [2.05, 4.69) is 5.32 Å². The topological polar surface area (TPSA) is 84.7 Å². The van der Waals surface area contributed by atoms with Crippen molar-refractivity contribution in [3.63, 3.8) is 0 Å². The molecule has 0 saturated carbocycles. The van der Waals surface area contributed by atoms with E-state index in [-0.39, 0.29) is 5.69 Å². The van der Waals surface area contributed by atoms with Gasteiger partial charge in [0.1, 0.15) is 11.3 Å². The summed E-state index contributed by atoms with van der Waals surface area (Å²) in [5.74, 6) is 0. The molecule has 0 aromatic heterocycles. The number of nitrogens with zero attached hydrogens (tertiary/aromatic N) is 2. The van der Waals surface area contributed by atoms with E-state index in [0.717, 1.165) is 30.0 Å². The predicted octanol–water partition coefficient (Wildman–Crippen LogP) is 4.11. The van der Waals surface area contributed by atoms with Crippen molar-refractivity contribution in [2.45, 2.75) is 51.4 Å². The molecule has 1 aliphatic rings. The fourth-order valence-corrected chi connectivity index (χ4v) is 2.86. The van der Waals surface area contributed by atoms with Crippen LogP contribution in [0.1, 0.15) is 39.2 Å². The Bertz CT molecular complexity index is 710. The third kappa shape index (κ3) is 5.31. The number of alkyl halides is 3. The van der Waals surface area contributed by atoms with E-state index in [4.69, 9.17) is 4.74 Å². The number of hydrogen-bond acceptors (Lipinski definition) is 5. The molecule has 1 aliphatic heterocycles. The smallest absolute Gasteiger partial charge is 0.416 e. The monoisotopic (exact) mass is 389 g/mol. The Labute approximate surface area is 154 Å². The van der Waals surface area contributed by atoms with Crippen LogP contribution in [0.15, 0.2) is 18.2 Å². The second-order valence-corrected chi connectivity index (χ2v) is 7.31. The van der Waals surface area contributed by atoms with Crippen LogP contribution in [-0.4, -0.2) is 35.7 Å². The van der Waals surface area contributed by atoms with Crippen molar-refractivity contribution in [3.05, 3.63) is 33.9 Å². The Hall–Kier alpha value is -2.36. The van der Waals surface area contributed by atoms with Gasteiger partial charge < -0.3 is 10.1 Å². The van der Waals surface area contributed by atoms with Crippen LogP contribution in [0.4, 0.5) is 29.3 Å².